The van der Waals surface area contributed by atoms with Crippen LogP contribution in [0.25, 0.3) is 21.6 Å². The number of ether oxygens (including phenoxy) is 1. The summed E-state index contributed by atoms with van der Waals surface area (Å²) in [5, 5.41) is 12.1. The van der Waals surface area contributed by atoms with Gasteiger partial charge < -0.3 is 15.2 Å². The molecule has 4 rings (SSSR count). The molecule has 9 heteroatoms. The third-order valence-electron chi connectivity index (χ3n) is 6.38. The number of hydrogen-bond donors (Lipinski definition) is 2. The molecule has 208 valence electrons. The Morgan fingerprint density at radius 2 is 1.65 bits per heavy atom. The van der Waals surface area contributed by atoms with E-state index in [1.54, 1.807) is 23.5 Å². The Bertz CT molecular complexity index is 1600. The van der Waals surface area contributed by atoms with Gasteiger partial charge in [-0.05, 0) is 65.4 Å². The number of aryl methyl sites for hydroxylation is 1. The van der Waals surface area contributed by atoms with Crippen molar-refractivity contribution in [2.24, 2.45) is 0 Å². The van der Waals surface area contributed by atoms with Gasteiger partial charge in [-0.3, -0.25) is 4.79 Å². The first-order valence-corrected chi connectivity index (χ1v) is 15.6. The van der Waals surface area contributed by atoms with Crippen molar-refractivity contribution < 1.29 is 27.9 Å². The van der Waals surface area contributed by atoms with E-state index >= 15 is 0 Å². The molecule has 0 saturated carbocycles. The molecular weight excluding hydrogens is 546 g/mol. The first-order valence-electron chi connectivity index (χ1n) is 12.7. The Morgan fingerprint density at radius 3 is 2.35 bits per heavy atom. The van der Waals surface area contributed by atoms with Crippen LogP contribution in [0.1, 0.15) is 32.8 Å². The average molecular weight is 578 g/mol. The lowest BCUT2D eigenvalue weighted by molar-refractivity contribution is -0.139. The van der Waals surface area contributed by atoms with E-state index in [1.165, 1.54) is 4.88 Å². The largest absolute Gasteiger partial charge is 0.480 e. The average Bonchev–Trinajstić information content (AvgIpc) is 3.40. The number of amides is 1. The van der Waals surface area contributed by atoms with E-state index in [2.05, 4.69) is 29.6 Å². The Labute approximate surface area is 238 Å². The minimum Gasteiger partial charge on any atom is -0.480 e. The molecule has 0 fully saturated rings. The van der Waals surface area contributed by atoms with Crippen LogP contribution in [0.3, 0.4) is 0 Å². The fourth-order valence-corrected chi connectivity index (χ4v) is 5.90. The summed E-state index contributed by atoms with van der Waals surface area (Å²) in [5.74, 6) is -2.22. The van der Waals surface area contributed by atoms with Gasteiger partial charge in [0.1, 0.15) is 15.9 Å². The Kier molecular flexibility index (Phi) is 9.52. The zero-order chi connectivity index (χ0) is 28.7. The van der Waals surface area contributed by atoms with E-state index in [0.717, 1.165) is 33.4 Å². The van der Waals surface area contributed by atoms with Crippen molar-refractivity contribution in [3.05, 3.63) is 106 Å². The summed E-state index contributed by atoms with van der Waals surface area (Å²) < 4.78 is 29.1. The second-order valence-corrected chi connectivity index (χ2v) is 13.0. The maximum Gasteiger partial charge on any atom is 0.326 e. The van der Waals surface area contributed by atoms with Crippen LogP contribution in [-0.2, 0) is 32.6 Å². The number of carbonyl (C=O) groups is 2. The molecule has 4 aromatic rings. The van der Waals surface area contributed by atoms with Gasteiger partial charge in [-0.2, -0.15) is 0 Å². The molecule has 40 heavy (non-hydrogen) atoms. The molecule has 7 nitrogen and oxygen atoms in total. The summed E-state index contributed by atoms with van der Waals surface area (Å²) in [5.41, 5.74) is 4.76. The summed E-state index contributed by atoms with van der Waals surface area (Å²) in [6, 6.07) is 25.9. The smallest absolute Gasteiger partial charge is 0.326 e. The summed E-state index contributed by atoms with van der Waals surface area (Å²) in [7, 11) is -3.39. The van der Waals surface area contributed by atoms with Crippen molar-refractivity contribution in [2.45, 2.75) is 32.6 Å². The lowest BCUT2D eigenvalue weighted by Gasteiger charge is -2.18. The lowest BCUT2D eigenvalue weighted by Crippen LogP contribution is -2.42. The molecule has 0 saturated heterocycles. The number of carbonyl (C=O) groups excluding carboxylic acids is 1. The molecule has 0 bridgehead atoms. The first kappa shape index (κ1) is 29.2. The van der Waals surface area contributed by atoms with Gasteiger partial charge in [0.15, 0.2) is 0 Å². The fraction of sp³-hybridized carbons (Fsp3) is 0.226. The molecule has 3 aromatic carbocycles. The predicted octanol–water partition coefficient (Wildman–Crippen LogP) is 5.73. The lowest BCUT2D eigenvalue weighted by atomic mass is 9.93. The number of carboxylic acids is 1. The van der Waals surface area contributed by atoms with Gasteiger partial charge in [0, 0.05) is 21.6 Å². The molecule has 1 aromatic heterocycles. The molecular formula is C31H31NO6S2. The SMILES string of the molecule is Cc1ccccc1-c1cc(COCc2ccc(-c3ccccc3)s2)ccc1C(=O)NC(CCS(C)(=O)=O)C(=O)O. The summed E-state index contributed by atoms with van der Waals surface area (Å²) in [6.45, 7) is 2.71. The van der Waals surface area contributed by atoms with Gasteiger partial charge in [0.2, 0.25) is 0 Å². The molecule has 2 N–H and O–H groups in total. The van der Waals surface area contributed by atoms with Crippen molar-refractivity contribution in [2.75, 3.05) is 12.0 Å². The van der Waals surface area contributed by atoms with Crippen LogP contribution in [0.2, 0.25) is 0 Å². The van der Waals surface area contributed by atoms with Crippen LogP contribution < -0.4 is 5.32 Å². The van der Waals surface area contributed by atoms with Gasteiger partial charge in [-0.15, -0.1) is 11.3 Å². The second-order valence-electron chi connectivity index (χ2n) is 9.60. The normalized spacial score (nSPS) is 12.2. The molecule has 1 atom stereocenters. The molecule has 0 aliphatic rings. The highest BCUT2D eigenvalue weighted by atomic mass is 32.2. The van der Waals surface area contributed by atoms with Crippen molar-refractivity contribution in [1.29, 1.82) is 0 Å². The maximum atomic E-state index is 13.3. The Hall–Kier alpha value is -3.79. The Balaban J connectivity index is 1.52. The number of carboxylic acid groups (broad SMARTS) is 1. The van der Waals surface area contributed by atoms with E-state index in [4.69, 9.17) is 4.74 Å². The predicted molar refractivity (Wildman–Crippen MR) is 158 cm³/mol. The highest BCUT2D eigenvalue weighted by Gasteiger charge is 2.24. The van der Waals surface area contributed by atoms with Crippen molar-refractivity contribution in [1.82, 2.24) is 5.32 Å². The first-order chi connectivity index (χ1) is 19.1. The Morgan fingerprint density at radius 1 is 0.925 bits per heavy atom. The number of nitrogens with one attached hydrogen (secondary N) is 1. The van der Waals surface area contributed by atoms with E-state index in [9.17, 15) is 23.1 Å². The molecule has 0 aliphatic heterocycles. The second kappa shape index (κ2) is 13.0. The standard InChI is InChI=1S/C31H31NO6S2/c1-21-8-6-7-11-25(21)27-18-22(19-38-20-24-13-15-29(39-24)23-9-4-3-5-10-23)12-14-26(27)30(33)32-28(31(34)35)16-17-40(2,36)37/h3-15,18,28H,16-17,19-20H2,1-2H3,(H,32,33)(H,34,35). The molecule has 0 spiro atoms. The minimum absolute atomic E-state index is 0.222. The quantitative estimate of drug-likeness (QED) is 0.223. The van der Waals surface area contributed by atoms with Crippen LogP contribution in [0.15, 0.2) is 84.9 Å². The van der Waals surface area contributed by atoms with Crippen molar-refractivity contribution in [3.63, 3.8) is 0 Å². The molecule has 0 aliphatic carbocycles. The van der Waals surface area contributed by atoms with Gasteiger partial charge in [-0.1, -0.05) is 60.7 Å². The fourth-order valence-electron chi connectivity index (χ4n) is 4.28. The topological polar surface area (TPSA) is 110 Å². The number of sulfone groups is 1. The highest BCUT2D eigenvalue weighted by Crippen LogP contribution is 2.30. The molecule has 0 radical (unpaired) electrons. The zero-order valence-electron chi connectivity index (χ0n) is 22.3. The van der Waals surface area contributed by atoms with Gasteiger partial charge in [-0.25, -0.2) is 13.2 Å². The van der Waals surface area contributed by atoms with Crippen LogP contribution in [0.5, 0.6) is 0 Å². The number of aliphatic carboxylic acids is 1. The van der Waals surface area contributed by atoms with Gasteiger partial charge in [0.05, 0.1) is 19.0 Å². The van der Waals surface area contributed by atoms with Crippen LogP contribution in [0, 0.1) is 6.92 Å². The van der Waals surface area contributed by atoms with Crippen molar-refractivity contribution >= 4 is 33.1 Å². The van der Waals surface area contributed by atoms with Gasteiger partial charge >= 0.3 is 5.97 Å². The van der Waals surface area contributed by atoms with Crippen LogP contribution in [0.4, 0.5) is 0 Å². The number of benzene rings is 3. The van der Waals surface area contributed by atoms with E-state index < -0.39 is 27.8 Å². The monoisotopic (exact) mass is 577 g/mol. The van der Waals surface area contributed by atoms with Crippen LogP contribution in [-0.4, -0.2) is 43.5 Å². The van der Waals surface area contributed by atoms with E-state index in [1.807, 2.05) is 55.5 Å². The number of rotatable bonds is 12. The maximum absolute atomic E-state index is 13.3. The molecule has 1 heterocycles. The summed E-state index contributed by atoms with van der Waals surface area (Å²) in [6.07, 6.45) is 0.811. The summed E-state index contributed by atoms with van der Waals surface area (Å²) >= 11 is 1.68. The minimum atomic E-state index is -3.39. The highest BCUT2D eigenvalue weighted by molar-refractivity contribution is 7.90. The molecule has 1 amide bonds. The van der Waals surface area contributed by atoms with Crippen molar-refractivity contribution in [3.8, 4) is 21.6 Å². The van der Waals surface area contributed by atoms with Crippen LogP contribution >= 0.6 is 11.3 Å². The van der Waals surface area contributed by atoms with E-state index in [0.29, 0.717) is 24.3 Å². The third-order valence-corrected chi connectivity index (χ3v) is 8.46. The number of thiophene rings is 1. The molecule has 1 unspecified atom stereocenters. The number of hydrogen-bond acceptors (Lipinski definition) is 6. The van der Waals surface area contributed by atoms with E-state index in [-0.39, 0.29) is 12.2 Å². The summed E-state index contributed by atoms with van der Waals surface area (Å²) in [4.78, 5) is 27.3. The third kappa shape index (κ3) is 7.88. The van der Waals surface area contributed by atoms with Gasteiger partial charge in [0.25, 0.3) is 5.91 Å². The zero-order valence-corrected chi connectivity index (χ0v) is 23.9.